The predicted molar refractivity (Wildman–Crippen MR) is 88.6 cm³/mol. The van der Waals surface area contributed by atoms with Crippen molar-refractivity contribution in [1.29, 1.82) is 0 Å². The van der Waals surface area contributed by atoms with E-state index in [1.54, 1.807) is 24.3 Å². The Morgan fingerprint density at radius 1 is 1.38 bits per heavy atom. The Hall–Kier alpha value is -2.09. The fourth-order valence-corrected chi connectivity index (χ4v) is 3.72. The number of benzene rings is 1. The molecule has 0 radical (unpaired) electrons. The average Bonchev–Trinajstić information content (AvgIpc) is 2.94. The lowest BCUT2D eigenvalue weighted by Gasteiger charge is -2.38. The zero-order chi connectivity index (χ0) is 18.9. The van der Waals surface area contributed by atoms with Crippen molar-refractivity contribution in [2.75, 3.05) is 7.11 Å². The number of carbonyl (C=O) groups excluding carboxylic acids is 1. The maximum absolute atomic E-state index is 13.7. The molecular weight excluding hydrogens is 349 g/mol. The largest absolute Gasteiger partial charge is 0.496 e. The van der Waals surface area contributed by atoms with Crippen LogP contribution in [0.4, 0.5) is 13.2 Å². The molecule has 0 spiro atoms. The Morgan fingerprint density at radius 3 is 2.81 bits per heavy atom. The van der Waals surface area contributed by atoms with Crippen LogP contribution in [-0.4, -0.2) is 40.7 Å². The van der Waals surface area contributed by atoms with Gasteiger partial charge in [0.2, 0.25) is 5.91 Å². The van der Waals surface area contributed by atoms with E-state index in [4.69, 9.17) is 4.74 Å². The molecule has 0 bridgehead atoms. The number of methoxy groups -OCH3 is 1. The fourth-order valence-electron chi connectivity index (χ4n) is 3.72. The molecule has 1 fully saturated rings. The van der Waals surface area contributed by atoms with Crippen LogP contribution >= 0.6 is 0 Å². The number of hydrogen-bond donors (Lipinski definition) is 1. The number of hydrogen-bond acceptors (Lipinski definition) is 4. The molecule has 0 unspecified atom stereocenters. The standard InChI is InChI=1S/C18H21F3N2O3/c1-26-15-9-5-2-6-12(15)10-11-16(24)23-17(25,18(19,20)21)13-7-3-4-8-14(13)22-23/h2,5-6,9,13,25H,3-4,7-8,10-11H2,1H3/t13-,17-/m1/s1. The van der Waals surface area contributed by atoms with Crippen LogP contribution in [-0.2, 0) is 11.2 Å². The summed E-state index contributed by atoms with van der Waals surface area (Å²) in [5, 5.41) is 14.6. The van der Waals surface area contributed by atoms with Crippen molar-refractivity contribution in [3.8, 4) is 5.75 Å². The van der Waals surface area contributed by atoms with Gasteiger partial charge in [-0.15, -0.1) is 0 Å². The number of hydrazone groups is 1. The summed E-state index contributed by atoms with van der Waals surface area (Å²) in [7, 11) is 1.49. The number of aliphatic hydroxyl groups is 1. The van der Waals surface area contributed by atoms with Crippen LogP contribution < -0.4 is 4.74 Å². The van der Waals surface area contributed by atoms with Crippen LogP contribution in [0.5, 0.6) is 5.75 Å². The van der Waals surface area contributed by atoms with Crippen molar-refractivity contribution < 1.29 is 27.8 Å². The maximum Gasteiger partial charge on any atom is 0.439 e. The highest BCUT2D eigenvalue weighted by Crippen LogP contribution is 2.48. The van der Waals surface area contributed by atoms with Gasteiger partial charge < -0.3 is 9.84 Å². The summed E-state index contributed by atoms with van der Waals surface area (Å²) >= 11 is 0. The van der Waals surface area contributed by atoms with E-state index in [0.29, 0.717) is 30.6 Å². The van der Waals surface area contributed by atoms with E-state index in [1.807, 2.05) is 0 Å². The van der Waals surface area contributed by atoms with Crippen molar-refractivity contribution in [2.24, 2.45) is 11.0 Å². The number of para-hydroxylation sites is 1. The number of halogens is 3. The van der Waals surface area contributed by atoms with Crippen molar-refractivity contribution in [1.82, 2.24) is 5.01 Å². The first-order valence-corrected chi connectivity index (χ1v) is 8.60. The van der Waals surface area contributed by atoms with Gasteiger partial charge in [0.15, 0.2) is 0 Å². The number of ether oxygens (including phenoxy) is 1. The number of rotatable bonds is 4. The molecule has 1 heterocycles. The molecule has 5 nitrogen and oxygen atoms in total. The van der Waals surface area contributed by atoms with Gasteiger partial charge in [-0.2, -0.15) is 23.3 Å². The van der Waals surface area contributed by atoms with Crippen LogP contribution in [0.3, 0.4) is 0 Å². The van der Waals surface area contributed by atoms with E-state index in [0.717, 1.165) is 0 Å². The Bertz CT molecular complexity index is 720. The van der Waals surface area contributed by atoms with E-state index in [9.17, 15) is 23.1 Å². The summed E-state index contributed by atoms with van der Waals surface area (Å²) in [6.45, 7) is 0. The van der Waals surface area contributed by atoms with Gasteiger partial charge in [-0.3, -0.25) is 4.79 Å². The molecule has 1 aliphatic heterocycles. The average molecular weight is 370 g/mol. The highest BCUT2D eigenvalue weighted by atomic mass is 19.4. The molecule has 2 atom stereocenters. The number of alkyl halides is 3. The van der Waals surface area contributed by atoms with Gasteiger partial charge in [0, 0.05) is 12.1 Å². The third-order valence-electron chi connectivity index (χ3n) is 5.07. The van der Waals surface area contributed by atoms with Gasteiger partial charge in [-0.05, 0) is 37.3 Å². The number of nitrogens with zero attached hydrogens (tertiary/aromatic N) is 2. The lowest BCUT2D eigenvalue weighted by atomic mass is 9.80. The molecule has 0 aromatic heterocycles. The SMILES string of the molecule is COc1ccccc1CCC(=O)N1N=C2CCCC[C@H]2[C@@]1(O)C(F)(F)F. The van der Waals surface area contributed by atoms with E-state index in [1.165, 1.54) is 7.11 Å². The van der Waals surface area contributed by atoms with Gasteiger partial charge in [0.1, 0.15) is 5.75 Å². The Morgan fingerprint density at radius 2 is 2.12 bits per heavy atom. The van der Waals surface area contributed by atoms with E-state index in [-0.39, 0.29) is 30.0 Å². The summed E-state index contributed by atoms with van der Waals surface area (Å²) in [5.74, 6) is -1.46. The second-order valence-electron chi connectivity index (χ2n) is 6.63. The molecule has 26 heavy (non-hydrogen) atoms. The van der Waals surface area contributed by atoms with Crippen molar-refractivity contribution >= 4 is 11.6 Å². The highest BCUT2D eigenvalue weighted by molar-refractivity contribution is 5.93. The summed E-state index contributed by atoms with van der Waals surface area (Å²) in [5.41, 5.74) is -2.27. The molecule has 1 amide bonds. The summed E-state index contributed by atoms with van der Waals surface area (Å²) in [4.78, 5) is 12.5. The topological polar surface area (TPSA) is 62.1 Å². The number of carbonyl (C=O) groups is 1. The minimum Gasteiger partial charge on any atom is -0.496 e. The first-order valence-electron chi connectivity index (χ1n) is 8.60. The Balaban J connectivity index is 1.81. The highest BCUT2D eigenvalue weighted by Gasteiger charge is 2.68. The van der Waals surface area contributed by atoms with E-state index >= 15 is 0 Å². The van der Waals surface area contributed by atoms with Gasteiger partial charge in [0.05, 0.1) is 13.0 Å². The van der Waals surface area contributed by atoms with E-state index in [2.05, 4.69) is 5.10 Å². The van der Waals surface area contributed by atoms with Gasteiger partial charge >= 0.3 is 6.18 Å². The molecule has 142 valence electrons. The quantitative estimate of drug-likeness (QED) is 0.885. The fraction of sp³-hybridized carbons (Fsp3) is 0.556. The number of fused-ring (bicyclic) bond motifs is 1. The molecule has 8 heteroatoms. The van der Waals surface area contributed by atoms with Gasteiger partial charge in [0.25, 0.3) is 5.72 Å². The van der Waals surface area contributed by atoms with Crippen molar-refractivity contribution in [3.05, 3.63) is 29.8 Å². The van der Waals surface area contributed by atoms with Crippen molar-refractivity contribution in [2.45, 2.75) is 50.4 Å². The van der Waals surface area contributed by atoms with Crippen LogP contribution in [0.25, 0.3) is 0 Å². The molecule has 1 N–H and O–H groups in total. The smallest absolute Gasteiger partial charge is 0.439 e. The minimum atomic E-state index is -4.97. The van der Waals surface area contributed by atoms with Gasteiger partial charge in [-0.25, -0.2) is 0 Å². The van der Waals surface area contributed by atoms with Crippen LogP contribution in [0.1, 0.15) is 37.7 Å². The number of aryl methyl sites for hydroxylation is 1. The van der Waals surface area contributed by atoms with Crippen molar-refractivity contribution in [3.63, 3.8) is 0 Å². The van der Waals surface area contributed by atoms with Crippen LogP contribution in [0, 0.1) is 5.92 Å². The molecule has 0 saturated heterocycles. The zero-order valence-corrected chi connectivity index (χ0v) is 14.4. The molecular formula is C18H21F3N2O3. The number of amides is 1. The molecule has 1 saturated carbocycles. The summed E-state index contributed by atoms with van der Waals surface area (Å²) < 4.78 is 46.2. The lowest BCUT2D eigenvalue weighted by molar-refractivity contribution is -0.317. The predicted octanol–water partition coefficient (Wildman–Crippen LogP) is 3.27. The first kappa shape index (κ1) is 18.7. The van der Waals surface area contributed by atoms with Crippen LogP contribution in [0.2, 0.25) is 0 Å². The maximum atomic E-state index is 13.7. The molecule has 1 aromatic carbocycles. The normalized spacial score (nSPS) is 25.7. The second-order valence-corrected chi connectivity index (χ2v) is 6.63. The first-order chi connectivity index (χ1) is 12.3. The molecule has 2 aliphatic rings. The van der Waals surface area contributed by atoms with Crippen LogP contribution in [0.15, 0.2) is 29.4 Å². The Kier molecular flexibility index (Phi) is 4.96. The van der Waals surface area contributed by atoms with E-state index < -0.39 is 23.7 Å². The lowest BCUT2D eigenvalue weighted by Crippen LogP contribution is -2.61. The molecule has 1 aromatic rings. The third kappa shape index (κ3) is 3.06. The molecule has 1 aliphatic carbocycles. The minimum absolute atomic E-state index is 0.172. The summed E-state index contributed by atoms with van der Waals surface area (Å²) in [6, 6.07) is 7.00. The monoisotopic (exact) mass is 370 g/mol. The second kappa shape index (κ2) is 6.90. The Labute approximate surface area is 149 Å². The van der Waals surface area contributed by atoms with Gasteiger partial charge in [-0.1, -0.05) is 24.6 Å². The third-order valence-corrected chi connectivity index (χ3v) is 5.07. The summed E-state index contributed by atoms with van der Waals surface area (Å²) in [6.07, 6.45) is -3.15. The molecule has 3 rings (SSSR count). The zero-order valence-electron chi connectivity index (χ0n) is 14.4.